The van der Waals surface area contributed by atoms with Crippen molar-refractivity contribution in [1.29, 1.82) is 0 Å². The van der Waals surface area contributed by atoms with Crippen LogP contribution in [0.1, 0.15) is 40.7 Å². The first-order valence-electron chi connectivity index (χ1n) is 10.8. The van der Waals surface area contributed by atoms with E-state index in [0.717, 1.165) is 23.2 Å². The number of carbonyl (C=O) groups is 2. The van der Waals surface area contributed by atoms with Gasteiger partial charge in [0.05, 0.1) is 11.5 Å². The molecule has 170 valence electrons. The third kappa shape index (κ3) is 4.45. The van der Waals surface area contributed by atoms with E-state index < -0.39 is 18.4 Å². The summed E-state index contributed by atoms with van der Waals surface area (Å²) in [6.07, 6.45) is 2.72. The molecule has 5 nitrogen and oxygen atoms in total. The van der Waals surface area contributed by atoms with Crippen LogP contribution in [0.2, 0.25) is 0 Å². The van der Waals surface area contributed by atoms with Crippen LogP contribution in [0.4, 0.5) is 18.9 Å². The molecule has 4 rings (SSSR count). The van der Waals surface area contributed by atoms with Gasteiger partial charge >= 0.3 is 6.61 Å². The van der Waals surface area contributed by atoms with Crippen LogP contribution < -0.4 is 9.64 Å². The van der Waals surface area contributed by atoms with Gasteiger partial charge in [-0.15, -0.1) is 0 Å². The number of halogens is 3. The van der Waals surface area contributed by atoms with E-state index >= 15 is 0 Å². The number of fused-ring (bicyclic) bond motifs is 1. The molecule has 2 aromatic rings. The second-order valence-corrected chi connectivity index (χ2v) is 8.29. The molecule has 1 unspecified atom stereocenters. The normalized spacial score (nSPS) is 18.5. The number of para-hydroxylation sites is 1. The maximum absolute atomic E-state index is 13.8. The van der Waals surface area contributed by atoms with Gasteiger partial charge in [-0.3, -0.25) is 9.59 Å². The van der Waals surface area contributed by atoms with Crippen LogP contribution in [0, 0.1) is 18.7 Å². The molecule has 0 bridgehead atoms. The van der Waals surface area contributed by atoms with Crippen molar-refractivity contribution >= 4 is 17.5 Å². The average molecular weight is 446 g/mol. The second kappa shape index (κ2) is 9.22. The standard InChI is InChI=1S/C24H25F3N2O3/c1-15-12-18(25)13-16-6-5-11-29(21(15)16)22(30)17-7-4-10-28(14-17)23(31)19-8-2-3-9-20(19)32-24(26)27/h2-3,8-9,12-13,17,24H,4-7,10-11,14H2,1H3. The van der Waals surface area contributed by atoms with Gasteiger partial charge in [0, 0.05) is 25.3 Å². The van der Waals surface area contributed by atoms with Crippen molar-refractivity contribution in [2.75, 3.05) is 24.5 Å². The molecule has 0 N–H and O–H groups in total. The Hall–Kier alpha value is -3.03. The first kappa shape index (κ1) is 22.2. The monoisotopic (exact) mass is 446 g/mol. The minimum absolute atomic E-state index is 0.0514. The Kier molecular flexibility index (Phi) is 6.39. The predicted octanol–water partition coefficient (Wildman–Crippen LogP) is 4.57. The van der Waals surface area contributed by atoms with E-state index in [2.05, 4.69) is 4.74 Å². The second-order valence-electron chi connectivity index (χ2n) is 8.29. The number of aryl methyl sites for hydroxylation is 2. The summed E-state index contributed by atoms with van der Waals surface area (Å²) in [5.74, 6) is -1.42. The van der Waals surface area contributed by atoms with Gasteiger partial charge in [0.1, 0.15) is 11.6 Å². The highest BCUT2D eigenvalue weighted by atomic mass is 19.3. The number of ether oxygens (including phenoxy) is 1. The Bertz CT molecular complexity index is 1030. The first-order chi connectivity index (χ1) is 15.3. The van der Waals surface area contributed by atoms with Crippen molar-refractivity contribution in [2.24, 2.45) is 5.92 Å². The van der Waals surface area contributed by atoms with Crippen LogP contribution in [-0.2, 0) is 11.2 Å². The number of amides is 2. The Morgan fingerprint density at radius 3 is 2.69 bits per heavy atom. The van der Waals surface area contributed by atoms with Gasteiger partial charge in [-0.2, -0.15) is 8.78 Å². The van der Waals surface area contributed by atoms with E-state index in [4.69, 9.17) is 0 Å². The summed E-state index contributed by atoms with van der Waals surface area (Å²) in [6, 6.07) is 8.81. The lowest BCUT2D eigenvalue weighted by Crippen LogP contribution is -2.48. The number of rotatable bonds is 4. The summed E-state index contributed by atoms with van der Waals surface area (Å²) < 4.78 is 43.8. The lowest BCUT2D eigenvalue weighted by atomic mass is 9.92. The number of anilines is 1. The summed E-state index contributed by atoms with van der Waals surface area (Å²) >= 11 is 0. The zero-order chi connectivity index (χ0) is 22.8. The largest absolute Gasteiger partial charge is 0.434 e. The van der Waals surface area contributed by atoms with E-state index in [0.29, 0.717) is 32.4 Å². The predicted molar refractivity (Wildman–Crippen MR) is 114 cm³/mol. The zero-order valence-corrected chi connectivity index (χ0v) is 17.8. The fraction of sp³-hybridized carbons (Fsp3) is 0.417. The first-order valence-corrected chi connectivity index (χ1v) is 10.8. The Morgan fingerprint density at radius 1 is 1.12 bits per heavy atom. The summed E-state index contributed by atoms with van der Waals surface area (Å²) in [5, 5.41) is 0. The lowest BCUT2D eigenvalue weighted by Gasteiger charge is -2.37. The maximum Gasteiger partial charge on any atom is 0.387 e. The van der Waals surface area contributed by atoms with Crippen molar-refractivity contribution in [3.63, 3.8) is 0 Å². The fourth-order valence-corrected chi connectivity index (χ4v) is 4.74. The quantitative estimate of drug-likeness (QED) is 0.692. The number of carbonyl (C=O) groups excluding carboxylic acids is 2. The molecule has 32 heavy (non-hydrogen) atoms. The number of benzene rings is 2. The van der Waals surface area contributed by atoms with Crippen molar-refractivity contribution in [3.05, 3.63) is 58.9 Å². The van der Waals surface area contributed by atoms with Gasteiger partial charge in [-0.05, 0) is 68.0 Å². The van der Waals surface area contributed by atoms with Gasteiger partial charge < -0.3 is 14.5 Å². The molecule has 0 radical (unpaired) electrons. The molecule has 2 aliphatic heterocycles. The molecular formula is C24H25F3N2O3. The minimum Gasteiger partial charge on any atom is -0.434 e. The number of hydrogen-bond acceptors (Lipinski definition) is 3. The van der Waals surface area contributed by atoms with Crippen LogP contribution in [0.25, 0.3) is 0 Å². The number of alkyl halides is 2. The van der Waals surface area contributed by atoms with E-state index in [9.17, 15) is 22.8 Å². The van der Waals surface area contributed by atoms with Crippen LogP contribution in [0.3, 0.4) is 0 Å². The molecule has 2 aliphatic rings. The van der Waals surface area contributed by atoms with Crippen molar-refractivity contribution < 1.29 is 27.5 Å². The Balaban J connectivity index is 1.53. The SMILES string of the molecule is Cc1cc(F)cc2c1N(C(=O)C1CCCN(C(=O)c3ccccc3OC(F)F)C1)CCC2. The van der Waals surface area contributed by atoms with E-state index in [1.54, 1.807) is 17.9 Å². The number of nitrogens with zero attached hydrogens (tertiary/aromatic N) is 2. The number of piperidine rings is 1. The Morgan fingerprint density at radius 2 is 1.91 bits per heavy atom. The summed E-state index contributed by atoms with van der Waals surface area (Å²) in [4.78, 5) is 29.8. The molecule has 1 fully saturated rings. The van der Waals surface area contributed by atoms with Crippen molar-refractivity contribution in [2.45, 2.75) is 39.2 Å². The van der Waals surface area contributed by atoms with Gasteiger partial charge in [0.15, 0.2) is 0 Å². The van der Waals surface area contributed by atoms with E-state index in [-0.39, 0.29) is 29.6 Å². The third-order valence-corrected chi connectivity index (χ3v) is 6.10. The highest BCUT2D eigenvalue weighted by Gasteiger charge is 2.35. The van der Waals surface area contributed by atoms with Crippen LogP contribution in [0.5, 0.6) is 5.75 Å². The van der Waals surface area contributed by atoms with Gasteiger partial charge in [0.2, 0.25) is 5.91 Å². The molecule has 0 aromatic heterocycles. The van der Waals surface area contributed by atoms with Crippen LogP contribution in [0.15, 0.2) is 36.4 Å². The lowest BCUT2D eigenvalue weighted by molar-refractivity contribution is -0.123. The van der Waals surface area contributed by atoms with Crippen molar-refractivity contribution in [3.8, 4) is 5.75 Å². The number of hydrogen-bond donors (Lipinski definition) is 0. The molecule has 2 amide bonds. The molecule has 2 heterocycles. The van der Waals surface area contributed by atoms with Gasteiger partial charge in [0.25, 0.3) is 5.91 Å². The maximum atomic E-state index is 13.8. The summed E-state index contributed by atoms with van der Waals surface area (Å²) in [6.45, 7) is -0.0520. The Labute approximate surface area is 184 Å². The average Bonchev–Trinajstić information content (AvgIpc) is 2.77. The third-order valence-electron chi connectivity index (χ3n) is 6.10. The van der Waals surface area contributed by atoms with Gasteiger partial charge in [-0.1, -0.05) is 12.1 Å². The molecule has 2 aromatic carbocycles. The van der Waals surface area contributed by atoms with Gasteiger partial charge in [-0.25, -0.2) is 4.39 Å². The zero-order valence-electron chi connectivity index (χ0n) is 17.8. The number of likely N-dealkylation sites (tertiary alicyclic amines) is 1. The minimum atomic E-state index is -3.04. The van der Waals surface area contributed by atoms with Crippen LogP contribution >= 0.6 is 0 Å². The highest BCUT2D eigenvalue weighted by Crippen LogP contribution is 2.34. The molecule has 0 saturated carbocycles. The van der Waals surface area contributed by atoms with E-state index in [1.165, 1.54) is 35.2 Å². The van der Waals surface area contributed by atoms with Crippen molar-refractivity contribution in [1.82, 2.24) is 4.90 Å². The molecule has 8 heteroatoms. The summed E-state index contributed by atoms with van der Waals surface area (Å²) in [7, 11) is 0. The molecular weight excluding hydrogens is 421 g/mol. The highest BCUT2D eigenvalue weighted by molar-refractivity contribution is 5.99. The summed E-state index contributed by atoms with van der Waals surface area (Å²) in [5.41, 5.74) is 2.36. The molecule has 1 atom stereocenters. The fourth-order valence-electron chi connectivity index (χ4n) is 4.74. The van der Waals surface area contributed by atoms with E-state index in [1.807, 2.05) is 0 Å². The molecule has 0 aliphatic carbocycles. The van der Waals surface area contributed by atoms with Crippen LogP contribution in [-0.4, -0.2) is 43.0 Å². The molecule has 1 saturated heterocycles. The smallest absolute Gasteiger partial charge is 0.387 e. The topological polar surface area (TPSA) is 49.9 Å². The molecule has 0 spiro atoms.